The van der Waals surface area contributed by atoms with Crippen molar-refractivity contribution in [2.24, 2.45) is 0 Å². The molecule has 2 aromatic carbocycles. The van der Waals surface area contributed by atoms with Gasteiger partial charge in [-0.25, -0.2) is 4.68 Å². The SMILES string of the molecule is N#Cc1nnn(-c2ccc(Cl)cc2)c1-c1ccc(Br)cc1. The molecule has 6 heteroatoms. The average Bonchev–Trinajstić information content (AvgIpc) is 2.93. The van der Waals surface area contributed by atoms with E-state index in [1.165, 1.54) is 0 Å². The Kier molecular flexibility index (Phi) is 3.74. The first-order chi connectivity index (χ1) is 10.2. The maximum absolute atomic E-state index is 9.24. The highest BCUT2D eigenvalue weighted by Crippen LogP contribution is 2.26. The van der Waals surface area contributed by atoms with Crippen LogP contribution in [0.3, 0.4) is 0 Å². The van der Waals surface area contributed by atoms with Gasteiger partial charge in [-0.15, -0.1) is 5.10 Å². The minimum atomic E-state index is 0.285. The number of rotatable bonds is 2. The zero-order chi connectivity index (χ0) is 14.8. The van der Waals surface area contributed by atoms with Crippen LogP contribution in [0.5, 0.6) is 0 Å². The van der Waals surface area contributed by atoms with Crippen molar-refractivity contribution in [3.05, 3.63) is 63.7 Å². The number of benzene rings is 2. The minimum absolute atomic E-state index is 0.285. The lowest BCUT2D eigenvalue weighted by atomic mass is 10.1. The number of nitrogens with zero attached hydrogens (tertiary/aromatic N) is 4. The van der Waals surface area contributed by atoms with Crippen LogP contribution in [-0.4, -0.2) is 15.0 Å². The van der Waals surface area contributed by atoms with Crippen molar-refractivity contribution in [1.82, 2.24) is 15.0 Å². The first kappa shape index (κ1) is 13.8. The monoisotopic (exact) mass is 358 g/mol. The molecule has 0 fully saturated rings. The Hall–Kier alpha value is -2.16. The molecule has 0 radical (unpaired) electrons. The van der Waals surface area contributed by atoms with Crippen LogP contribution in [0.25, 0.3) is 16.9 Å². The van der Waals surface area contributed by atoms with Crippen molar-refractivity contribution in [1.29, 1.82) is 5.26 Å². The molecule has 0 aliphatic carbocycles. The molecule has 0 amide bonds. The van der Waals surface area contributed by atoms with Gasteiger partial charge in [-0.1, -0.05) is 44.9 Å². The van der Waals surface area contributed by atoms with Gasteiger partial charge in [0.15, 0.2) is 5.69 Å². The fourth-order valence-electron chi connectivity index (χ4n) is 1.99. The molecule has 0 bridgehead atoms. The first-order valence-corrected chi connectivity index (χ1v) is 7.24. The summed E-state index contributed by atoms with van der Waals surface area (Å²) in [4.78, 5) is 0. The average molecular weight is 360 g/mol. The Morgan fingerprint density at radius 1 is 1.05 bits per heavy atom. The van der Waals surface area contributed by atoms with E-state index < -0.39 is 0 Å². The second kappa shape index (κ2) is 5.68. The Balaban J connectivity index is 2.19. The van der Waals surface area contributed by atoms with Gasteiger partial charge in [0.05, 0.1) is 5.69 Å². The van der Waals surface area contributed by atoms with Gasteiger partial charge in [-0.3, -0.25) is 0 Å². The standard InChI is InChI=1S/C15H8BrClN4/c16-11-3-1-10(2-4-11)15-14(9-18)19-20-21(15)13-7-5-12(17)6-8-13/h1-8H. The van der Waals surface area contributed by atoms with Crippen LogP contribution in [0.4, 0.5) is 0 Å². The summed E-state index contributed by atoms with van der Waals surface area (Å²) in [7, 11) is 0. The second-order valence-corrected chi connectivity index (χ2v) is 5.65. The van der Waals surface area contributed by atoms with E-state index in [0.717, 1.165) is 15.7 Å². The summed E-state index contributed by atoms with van der Waals surface area (Å²) in [5.74, 6) is 0. The van der Waals surface area contributed by atoms with Crippen LogP contribution in [0.2, 0.25) is 5.02 Å². The Morgan fingerprint density at radius 2 is 1.71 bits per heavy atom. The van der Waals surface area contributed by atoms with Crippen LogP contribution < -0.4 is 0 Å². The molecule has 0 saturated heterocycles. The highest BCUT2D eigenvalue weighted by Gasteiger charge is 2.16. The van der Waals surface area contributed by atoms with Crippen molar-refractivity contribution in [2.45, 2.75) is 0 Å². The molecule has 102 valence electrons. The topological polar surface area (TPSA) is 54.5 Å². The van der Waals surface area contributed by atoms with E-state index in [9.17, 15) is 5.26 Å². The lowest BCUT2D eigenvalue weighted by Crippen LogP contribution is -1.99. The van der Waals surface area contributed by atoms with Crippen LogP contribution in [-0.2, 0) is 0 Å². The van der Waals surface area contributed by atoms with Gasteiger partial charge in [0.25, 0.3) is 0 Å². The summed E-state index contributed by atoms with van der Waals surface area (Å²) < 4.78 is 2.60. The normalized spacial score (nSPS) is 10.3. The molecular formula is C15H8BrClN4. The van der Waals surface area contributed by atoms with E-state index in [0.29, 0.717) is 10.7 Å². The summed E-state index contributed by atoms with van der Waals surface area (Å²) in [5, 5.41) is 17.9. The molecule has 1 heterocycles. The predicted molar refractivity (Wildman–Crippen MR) is 84.2 cm³/mol. The molecule has 0 aliphatic heterocycles. The van der Waals surface area contributed by atoms with Crippen LogP contribution in [0.1, 0.15) is 5.69 Å². The number of nitriles is 1. The van der Waals surface area contributed by atoms with Crippen LogP contribution in [0, 0.1) is 11.3 Å². The summed E-state index contributed by atoms with van der Waals surface area (Å²) >= 11 is 9.30. The van der Waals surface area contributed by atoms with E-state index in [4.69, 9.17) is 11.6 Å². The zero-order valence-corrected chi connectivity index (χ0v) is 13.0. The Bertz CT molecular complexity index is 816. The summed E-state index contributed by atoms with van der Waals surface area (Å²) in [6.07, 6.45) is 0. The third kappa shape index (κ3) is 2.68. The van der Waals surface area contributed by atoms with Crippen molar-refractivity contribution in [3.8, 4) is 23.0 Å². The molecule has 3 aromatic rings. The zero-order valence-electron chi connectivity index (χ0n) is 10.7. The van der Waals surface area contributed by atoms with Gasteiger partial charge in [-0.2, -0.15) is 5.26 Å². The summed E-state index contributed by atoms with van der Waals surface area (Å²) in [5.41, 5.74) is 2.61. The molecule has 0 aliphatic rings. The predicted octanol–water partition coefficient (Wildman–Crippen LogP) is 4.22. The fourth-order valence-corrected chi connectivity index (χ4v) is 2.38. The van der Waals surface area contributed by atoms with Crippen molar-refractivity contribution in [2.75, 3.05) is 0 Å². The third-order valence-corrected chi connectivity index (χ3v) is 3.75. The third-order valence-electron chi connectivity index (χ3n) is 2.97. The molecule has 4 nitrogen and oxygen atoms in total. The van der Waals surface area contributed by atoms with Crippen molar-refractivity contribution < 1.29 is 0 Å². The highest BCUT2D eigenvalue weighted by molar-refractivity contribution is 9.10. The van der Waals surface area contributed by atoms with E-state index in [2.05, 4.69) is 32.3 Å². The molecule has 0 unspecified atom stereocenters. The van der Waals surface area contributed by atoms with Gasteiger partial charge in [0.1, 0.15) is 11.8 Å². The quantitative estimate of drug-likeness (QED) is 0.688. The second-order valence-electron chi connectivity index (χ2n) is 4.29. The van der Waals surface area contributed by atoms with E-state index in [1.807, 2.05) is 36.4 Å². The minimum Gasteiger partial charge on any atom is -0.211 e. The molecule has 0 atom stereocenters. The maximum atomic E-state index is 9.24. The first-order valence-electron chi connectivity index (χ1n) is 6.07. The summed E-state index contributed by atoms with van der Waals surface area (Å²) in [6, 6.07) is 16.9. The molecule has 0 spiro atoms. The molecule has 21 heavy (non-hydrogen) atoms. The smallest absolute Gasteiger partial charge is 0.191 e. The van der Waals surface area contributed by atoms with Crippen molar-refractivity contribution in [3.63, 3.8) is 0 Å². The van der Waals surface area contributed by atoms with Gasteiger partial charge in [0, 0.05) is 15.1 Å². The van der Waals surface area contributed by atoms with E-state index in [1.54, 1.807) is 16.8 Å². The molecule has 3 rings (SSSR count). The number of hydrogen-bond donors (Lipinski definition) is 0. The summed E-state index contributed by atoms with van der Waals surface area (Å²) in [6.45, 7) is 0. The largest absolute Gasteiger partial charge is 0.211 e. The van der Waals surface area contributed by atoms with Gasteiger partial charge >= 0.3 is 0 Å². The van der Waals surface area contributed by atoms with Crippen molar-refractivity contribution >= 4 is 27.5 Å². The van der Waals surface area contributed by atoms with Gasteiger partial charge in [0.2, 0.25) is 0 Å². The number of aromatic nitrogens is 3. The molecule has 1 aromatic heterocycles. The maximum Gasteiger partial charge on any atom is 0.191 e. The van der Waals surface area contributed by atoms with E-state index >= 15 is 0 Å². The Labute approximate surface area is 134 Å². The van der Waals surface area contributed by atoms with E-state index in [-0.39, 0.29) is 5.69 Å². The fraction of sp³-hybridized carbons (Fsp3) is 0. The van der Waals surface area contributed by atoms with Gasteiger partial charge in [-0.05, 0) is 36.4 Å². The molecule has 0 N–H and O–H groups in total. The number of halogens is 2. The highest BCUT2D eigenvalue weighted by atomic mass is 79.9. The lowest BCUT2D eigenvalue weighted by Gasteiger charge is -2.07. The van der Waals surface area contributed by atoms with Crippen LogP contribution >= 0.6 is 27.5 Å². The van der Waals surface area contributed by atoms with Crippen LogP contribution in [0.15, 0.2) is 53.0 Å². The van der Waals surface area contributed by atoms with Gasteiger partial charge < -0.3 is 0 Å². The Morgan fingerprint density at radius 3 is 2.33 bits per heavy atom. The lowest BCUT2D eigenvalue weighted by molar-refractivity contribution is 0.807. The molecule has 0 saturated carbocycles. The molecular weight excluding hydrogens is 352 g/mol. The number of hydrogen-bond acceptors (Lipinski definition) is 3.